The number of hydrogen-bond acceptors (Lipinski definition) is 7. The molecule has 0 spiro atoms. The lowest BCUT2D eigenvalue weighted by atomic mass is 10.1. The van der Waals surface area contributed by atoms with Gasteiger partial charge in [0.2, 0.25) is 5.13 Å². The van der Waals surface area contributed by atoms with Gasteiger partial charge in [-0.25, -0.2) is 0 Å². The van der Waals surface area contributed by atoms with Gasteiger partial charge < -0.3 is 9.47 Å². The van der Waals surface area contributed by atoms with Gasteiger partial charge in [-0.1, -0.05) is 30.4 Å². The highest BCUT2D eigenvalue weighted by molar-refractivity contribution is 7.15. The van der Waals surface area contributed by atoms with E-state index in [9.17, 15) is 10.1 Å². The van der Waals surface area contributed by atoms with Crippen molar-refractivity contribution in [3.63, 3.8) is 0 Å². The van der Waals surface area contributed by atoms with Gasteiger partial charge >= 0.3 is 0 Å². The molecule has 0 bridgehead atoms. The van der Waals surface area contributed by atoms with E-state index in [1.54, 1.807) is 18.2 Å². The topological polar surface area (TPSA) is 97.1 Å². The van der Waals surface area contributed by atoms with Gasteiger partial charge in [0.05, 0.1) is 14.2 Å². The fraction of sp³-hybridized carbons (Fsp3) is 0.250. The van der Waals surface area contributed by atoms with Gasteiger partial charge in [-0.2, -0.15) is 5.26 Å². The molecule has 124 valence electrons. The number of hydrogen-bond donors (Lipinski definition) is 1. The molecule has 0 saturated carbocycles. The first-order valence-electron chi connectivity index (χ1n) is 7.09. The predicted octanol–water partition coefficient (Wildman–Crippen LogP) is 2.66. The lowest BCUT2D eigenvalue weighted by Gasteiger charge is -2.10. The largest absolute Gasteiger partial charge is 0.493 e. The summed E-state index contributed by atoms with van der Waals surface area (Å²) in [4.78, 5) is 12.3. The van der Waals surface area contributed by atoms with Crippen molar-refractivity contribution >= 4 is 28.5 Å². The van der Waals surface area contributed by atoms with E-state index in [4.69, 9.17) is 9.47 Å². The zero-order valence-corrected chi connectivity index (χ0v) is 14.3. The van der Waals surface area contributed by atoms with Gasteiger partial charge in [-0.15, -0.1) is 10.2 Å². The van der Waals surface area contributed by atoms with Gasteiger partial charge in [-0.3, -0.25) is 10.1 Å². The van der Waals surface area contributed by atoms with Crippen LogP contribution < -0.4 is 14.8 Å². The number of carbonyl (C=O) groups is 1. The highest BCUT2D eigenvalue weighted by Crippen LogP contribution is 2.32. The van der Waals surface area contributed by atoms with Crippen LogP contribution in [0.25, 0.3) is 6.08 Å². The van der Waals surface area contributed by atoms with E-state index in [0.717, 1.165) is 11.4 Å². The molecule has 1 aromatic heterocycles. The van der Waals surface area contributed by atoms with E-state index in [-0.39, 0.29) is 5.57 Å². The number of nitriles is 1. The number of nitrogens with one attached hydrogen (secondary N) is 1. The Morgan fingerprint density at radius 2 is 2.17 bits per heavy atom. The van der Waals surface area contributed by atoms with E-state index in [2.05, 4.69) is 15.5 Å². The zero-order valence-electron chi connectivity index (χ0n) is 13.5. The highest BCUT2D eigenvalue weighted by atomic mass is 32.1. The maximum Gasteiger partial charge on any atom is 0.268 e. The van der Waals surface area contributed by atoms with E-state index in [1.807, 2.05) is 13.0 Å². The van der Waals surface area contributed by atoms with Crippen LogP contribution in [0.15, 0.2) is 23.8 Å². The smallest absolute Gasteiger partial charge is 0.268 e. The number of aryl methyl sites for hydroxylation is 1. The van der Waals surface area contributed by atoms with Gasteiger partial charge in [0.25, 0.3) is 5.91 Å². The minimum atomic E-state index is -0.554. The number of ether oxygens (including phenoxy) is 2. The van der Waals surface area contributed by atoms with Crippen LogP contribution in [0.5, 0.6) is 11.5 Å². The Balaban J connectivity index is 2.29. The fourth-order valence-electron chi connectivity index (χ4n) is 1.94. The van der Waals surface area contributed by atoms with Gasteiger partial charge in [0.1, 0.15) is 16.6 Å². The molecule has 0 saturated heterocycles. The molecule has 0 atom stereocenters. The van der Waals surface area contributed by atoms with E-state index in [0.29, 0.717) is 22.2 Å². The zero-order chi connectivity index (χ0) is 17.5. The Bertz CT molecular complexity index is 808. The molecule has 24 heavy (non-hydrogen) atoms. The molecule has 0 unspecified atom stereocenters. The van der Waals surface area contributed by atoms with E-state index in [1.165, 1.54) is 31.6 Å². The molecule has 1 N–H and O–H groups in total. The summed E-state index contributed by atoms with van der Waals surface area (Å²) in [5.74, 6) is 0.409. The van der Waals surface area contributed by atoms with Crippen LogP contribution >= 0.6 is 11.3 Å². The van der Waals surface area contributed by atoms with Crippen molar-refractivity contribution in [1.82, 2.24) is 10.2 Å². The van der Waals surface area contributed by atoms with E-state index < -0.39 is 5.91 Å². The standard InChI is InChI=1S/C16H16N4O3S/c1-4-13-19-20-16(24-13)18-15(21)11(9-17)8-10-6-5-7-12(22-2)14(10)23-3/h5-8H,4H2,1-3H3,(H,18,20,21)/b11-8+. The third kappa shape index (κ3) is 3.88. The van der Waals surface area contributed by atoms with Crippen molar-refractivity contribution in [3.05, 3.63) is 34.3 Å². The summed E-state index contributed by atoms with van der Waals surface area (Å²) < 4.78 is 10.5. The van der Waals surface area contributed by atoms with Gasteiger partial charge in [-0.05, 0) is 18.6 Å². The lowest BCUT2D eigenvalue weighted by Crippen LogP contribution is -2.13. The molecule has 1 amide bonds. The van der Waals surface area contributed by atoms with Gasteiger partial charge in [0, 0.05) is 5.56 Å². The molecule has 0 radical (unpaired) electrons. The van der Waals surface area contributed by atoms with Crippen molar-refractivity contribution in [2.75, 3.05) is 19.5 Å². The second-order valence-corrected chi connectivity index (χ2v) is 5.62. The highest BCUT2D eigenvalue weighted by Gasteiger charge is 2.15. The Hall–Kier alpha value is -2.92. The van der Waals surface area contributed by atoms with Gasteiger partial charge in [0.15, 0.2) is 11.5 Å². The first-order chi connectivity index (χ1) is 11.6. The Morgan fingerprint density at radius 3 is 2.75 bits per heavy atom. The third-order valence-corrected chi connectivity index (χ3v) is 4.07. The summed E-state index contributed by atoms with van der Waals surface area (Å²) in [5, 5.41) is 20.8. The quantitative estimate of drug-likeness (QED) is 0.639. The maximum absolute atomic E-state index is 12.3. The average Bonchev–Trinajstić information content (AvgIpc) is 3.06. The fourth-order valence-corrected chi connectivity index (χ4v) is 2.62. The molecule has 1 heterocycles. The third-order valence-electron chi connectivity index (χ3n) is 3.09. The molecule has 0 aliphatic carbocycles. The lowest BCUT2D eigenvalue weighted by molar-refractivity contribution is -0.112. The number of anilines is 1. The Kier molecular flexibility index (Phi) is 5.87. The van der Waals surface area contributed by atoms with Crippen LogP contribution in [-0.2, 0) is 11.2 Å². The first kappa shape index (κ1) is 17.4. The van der Waals surface area contributed by atoms with Crippen LogP contribution in [-0.4, -0.2) is 30.3 Å². The van der Waals surface area contributed by atoms with Crippen molar-refractivity contribution in [2.24, 2.45) is 0 Å². The van der Waals surface area contributed by atoms with Crippen LogP contribution in [0.1, 0.15) is 17.5 Å². The van der Waals surface area contributed by atoms with Crippen LogP contribution in [0.4, 0.5) is 5.13 Å². The molecular weight excluding hydrogens is 328 g/mol. The van der Waals surface area contributed by atoms with Crippen LogP contribution in [0.2, 0.25) is 0 Å². The second kappa shape index (κ2) is 8.08. The Morgan fingerprint density at radius 1 is 1.38 bits per heavy atom. The predicted molar refractivity (Wildman–Crippen MR) is 91.1 cm³/mol. The number of methoxy groups -OCH3 is 2. The summed E-state index contributed by atoms with van der Waals surface area (Å²) in [7, 11) is 3.01. The number of nitrogens with zero attached hydrogens (tertiary/aromatic N) is 3. The molecule has 8 heteroatoms. The monoisotopic (exact) mass is 344 g/mol. The molecule has 0 aliphatic rings. The maximum atomic E-state index is 12.3. The molecular formula is C16H16N4O3S. The number of carbonyl (C=O) groups excluding carboxylic acids is 1. The summed E-state index contributed by atoms with van der Waals surface area (Å²) in [6.07, 6.45) is 2.17. The molecule has 1 aromatic carbocycles. The average molecular weight is 344 g/mol. The summed E-state index contributed by atoms with van der Waals surface area (Å²) >= 11 is 1.27. The molecule has 7 nitrogen and oxygen atoms in total. The first-order valence-corrected chi connectivity index (χ1v) is 7.91. The SMILES string of the molecule is CCc1nnc(NC(=O)/C(C#N)=C/c2cccc(OC)c2OC)s1. The van der Waals surface area contributed by atoms with Crippen LogP contribution in [0.3, 0.4) is 0 Å². The number of amides is 1. The minimum absolute atomic E-state index is 0.0743. The number of benzene rings is 1. The van der Waals surface area contributed by atoms with Crippen molar-refractivity contribution < 1.29 is 14.3 Å². The van der Waals surface area contributed by atoms with Crippen LogP contribution in [0, 0.1) is 11.3 Å². The summed E-state index contributed by atoms with van der Waals surface area (Å²) in [6.45, 7) is 1.95. The van der Waals surface area contributed by atoms with E-state index >= 15 is 0 Å². The number of aromatic nitrogens is 2. The second-order valence-electron chi connectivity index (χ2n) is 4.56. The van der Waals surface area contributed by atoms with Crippen molar-refractivity contribution in [3.8, 4) is 17.6 Å². The molecule has 0 fully saturated rings. The molecule has 2 aromatic rings. The molecule has 2 rings (SSSR count). The van der Waals surface area contributed by atoms with Crippen molar-refractivity contribution in [2.45, 2.75) is 13.3 Å². The summed E-state index contributed by atoms with van der Waals surface area (Å²) in [6, 6.07) is 7.10. The Labute approximate surface area is 143 Å². The minimum Gasteiger partial charge on any atom is -0.493 e. The number of para-hydroxylation sites is 1. The molecule has 0 aliphatic heterocycles. The number of rotatable bonds is 6. The normalized spacial score (nSPS) is 10.8. The summed E-state index contributed by atoms with van der Waals surface area (Å²) in [5.41, 5.74) is 0.491. The van der Waals surface area contributed by atoms with Crippen molar-refractivity contribution in [1.29, 1.82) is 5.26 Å².